The third-order valence-corrected chi connectivity index (χ3v) is 4.98. The van der Waals surface area contributed by atoms with Crippen LogP contribution in [0, 0.1) is 5.82 Å². The highest BCUT2D eigenvalue weighted by atomic mass is 35.5. The lowest BCUT2D eigenvalue weighted by atomic mass is 10.2. The predicted molar refractivity (Wildman–Crippen MR) is 92.4 cm³/mol. The summed E-state index contributed by atoms with van der Waals surface area (Å²) in [6.45, 7) is 0. The molecule has 1 aromatic heterocycles. The van der Waals surface area contributed by atoms with Crippen molar-refractivity contribution in [2.75, 3.05) is 0 Å². The maximum absolute atomic E-state index is 13.9. The van der Waals surface area contributed by atoms with Gasteiger partial charge in [0.15, 0.2) is 11.0 Å². The van der Waals surface area contributed by atoms with Gasteiger partial charge in [-0.1, -0.05) is 53.2 Å². The van der Waals surface area contributed by atoms with E-state index in [1.807, 2.05) is 13.1 Å². The second kappa shape index (κ2) is 6.91. The second-order valence-electron chi connectivity index (χ2n) is 4.87. The van der Waals surface area contributed by atoms with E-state index in [0.717, 1.165) is 5.56 Å². The van der Waals surface area contributed by atoms with Gasteiger partial charge in [0, 0.05) is 22.8 Å². The van der Waals surface area contributed by atoms with Crippen LogP contribution in [0.15, 0.2) is 47.6 Å². The first kappa shape index (κ1) is 16.3. The van der Waals surface area contributed by atoms with Gasteiger partial charge in [0.1, 0.15) is 5.82 Å². The first-order valence-electron chi connectivity index (χ1n) is 6.77. The van der Waals surface area contributed by atoms with Crippen LogP contribution < -0.4 is 0 Å². The van der Waals surface area contributed by atoms with Gasteiger partial charge in [-0.3, -0.25) is 0 Å². The summed E-state index contributed by atoms with van der Waals surface area (Å²) in [5, 5.41) is 10.1. The molecule has 3 nitrogen and oxygen atoms in total. The largest absolute Gasteiger partial charge is 0.305 e. The molecule has 3 rings (SSSR count). The average Bonchev–Trinajstić information content (AvgIpc) is 2.88. The maximum Gasteiger partial charge on any atom is 0.191 e. The molecule has 0 fully saturated rings. The minimum atomic E-state index is -0.319. The summed E-state index contributed by atoms with van der Waals surface area (Å²) < 4.78 is 15.7. The molecule has 0 amide bonds. The Morgan fingerprint density at radius 3 is 2.65 bits per heavy atom. The summed E-state index contributed by atoms with van der Waals surface area (Å²) in [6, 6.07) is 11.9. The van der Waals surface area contributed by atoms with Crippen molar-refractivity contribution < 1.29 is 4.39 Å². The molecule has 0 bridgehead atoms. The fourth-order valence-corrected chi connectivity index (χ4v) is 3.57. The number of benzene rings is 2. The summed E-state index contributed by atoms with van der Waals surface area (Å²) in [5.41, 5.74) is 1.38. The maximum atomic E-state index is 13.9. The first-order valence-corrected chi connectivity index (χ1v) is 8.51. The summed E-state index contributed by atoms with van der Waals surface area (Å²) in [6.07, 6.45) is 0. The van der Waals surface area contributed by atoms with E-state index in [-0.39, 0.29) is 5.82 Å². The third-order valence-electron chi connectivity index (χ3n) is 3.32. The van der Waals surface area contributed by atoms with Crippen LogP contribution in [-0.2, 0) is 12.8 Å². The summed E-state index contributed by atoms with van der Waals surface area (Å²) >= 11 is 13.5. The van der Waals surface area contributed by atoms with Crippen LogP contribution in [0.4, 0.5) is 4.39 Å². The molecule has 7 heteroatoms. The molecule has 0 saturated carbocycles. The van der Waals surface area contributed by atoms with E-state index < -0.39 is 0 Å². The molecule has 0 aliphatic heterocycles. The van der Waals surface area contributed by atoms with Crippen molar-refractivity contribution in [2.24, 2.45) is 7.05 Å². The van der Waals surface area contributed by atoms with Crippen LogP contribution in [-0.4, -0.2) is 14.8 Å². The number of thioether (sulfide) groups is 1. The molecule has 118 valence electrons. The smallest absolute Gasteiger partial charge is 0.191 e. The molecule has 0 atom stereocenters. The lowest BCUT2D eigenvalue weighted by Gasteiger charge is -2.06. The highest BCUT2D eigenvalue weighted by molar-refractivity contribution is 7.98. The Balaban J connectivity index is 1.81. The van der Waals surface area contributed by atoms with Gasteiger partial charge in [-0.25, -0.2) is 4.39 Å². The summed E-state index contributed by atoms with van der Waals surface area (Å²) in [7, 11) is 1.81. The van der Waals surface area contributed by atoms with Crippen LogP contribution >= 0.6 is 35.0 Å². The molecule has 3 aromatic rings. The van der Waals surface area contributed by atoms with Gasteiger partial charge in [-0.2, -0.15) is 0 Å². The monoisotopic (exact) mass is 367 g/mol. The normalized spacial score (nSPS) is 11.0. The molecular formula is C16H12Cl2FN3S. The van der Waals surface area contributed by atoms with Crippen molar-refractivity contribution in [1.29, 1.82) is 0 Å². The Kier molecular flexibility index (Phi) is 4.90. The number of hydrogen-bond donors (Lipinski definition) is 0. The third kappa shape index (κ3) is 3.52. The van der Waals surface area contributed by atoms with Crippen LogP contribution in [0.1, 0.15) is 5.56 Å². The van der Waals surface area contributed by atoms with E-state index in [0.29, 0.717) is 32.3 Å². The molecule has 0 aliphatic rings. The lowest BCUT2D eigenvalue weighted by molar-refractivity contribution is 0.628. The van der Waals surface area contributed by atoms with Crippen molar-refractivity contribution in [3.05, 3.63) is 63.9 Å². The van der Waals surface area contributed by atoms with E-state index in [1.54, 1.807) is 34.9 Å². The van der Waals surface area contributed by atoms with Crippen molar-refractivity contribution in [1.82, 2.24) is 14.8 Å². The van der Waals surface area contributed by atoms with Crippen LogP contribution in [0.3, 0.4) is 0 Å². The van der Waals surface area contributed by atoms with Crippen LogP contribution in [0.5, 0.6) is 0 Å². The predicted octanol–water partition coefficient (Wildman–Crippen LogP) is 5.22. The quantitative estimate of drug-likeness (QED) is 0.592. The standard InChI is InChI=1S/C16H12Cl2FN3S/c1-22-15(12-4-2-3-5-14(12)19)20-21-16(22)23-9-10-6-7-11(17)8-13(10)18/h2-8H,9H2,1H3. The molecule has 0 spiro atoms. The van der Waals surface area contributed by atoms with Crippen molar-refractivity contribution in [3.8, 4) is 11.4 Å². The molecule has 0 radical (unpaired) electrons. The summed E-state index contributed by atoms with van der Waals surface area (Å²) in [5.74, 6) is 0.798. The molecule has 0 aliphatic carbocycles. The fourth-order valence-electron chi connectivity index (χ4n) is 2.10. The van der Waals surface area contributed by atoms with Crippen molar-refractivity contribution >= 4 is 35.0 Å². The number of rotatable bonds is 4. The van der Waals surface area contributed by atoms with Crippen molar-refractivity contribution in [2.45, 2.75) is 10.9 Å². The van der Waals surface area contributed by atoms with Gasteiger partial charge >= 0.3 is 0 Å². The highest BCUT2D eigenvalue weighted by Gasteiger charge is 2.14. The van der Waals surface area contributed by atoms with Gasteiger partial charge in [0.2, 0.25) is 0 Å². The molecular weight excluding hydrogens is 356 g/mol. The number of aromatic nitrogens is 3. The zero-order chi connectivity index (χ0) is 16.4. The number of halogens is 3. The minimum absolute atomic E-state index is 0.319. The Labute approximate surface area is 147 Å². The topological polar surface area (TPSA) is 30.7 Å². The molecule has 23 heavy (non-hydrogen) atoms. The van der Waals surface area contributed by atoms with E-state index in [2.05, 4.69) is 10.2 Å². The second-order valence-corrected chi connectivity index (χ2v) is 6.66. The summed E-state index contributed by atoms with van der Waals surface area (Å²) in [4.78, 5) is 0. The molecule has 0 unspecified atom stereocenters. The van der Waals surface area contributed by atoms with Crippen LogP contribution in [0.2, 0.25) is 10.0 Å². The fraction of sp³-hybridized carbons (Fsp3) is 0.125. The number of hydrogen-bond acceptors (Lipinski definition) is 3. The molecule has 1 heterocycles. The van der Waals surface area contributed by atoms with E-state index in [4.69, 9.17) is 23.2 Å². The van der Waals surface area contributed by atoms with E-state index in [1.165, 1.54) is 17.8 Å². The van der Waals surface area contributed by atoms with Crippen molar-refractivity contribution in [3.63, 3.8) is 0 Å². The molecule has 0 saturated heterocycles. The van der Waals surface area contributed by atoms with E-state index >= 15 is 0 Å². The Morgan fingerprint density at radius 1 is 1.13 bits per heavy atom. The highest BCUT2D eigenvalue weighted by Crippen LogP contribution is 2.29. The lowest BCUT2D eigenvalue weighted by Crippen LogP contribution is -1.96. The van der Waals surface area contributed by atoms with Gasteiger partial charge in [0.05, 0.1) is 5.56 Å². The SMILES string of the molecule is Cn1c(SCc2ccc(Cl)cc2Cl)nnc1-c1ccccc1F. The zero-order valence-corrected chi connectivity index (χ0v) is 14.5. The number of nitrogens with zero attached hydrogens (tertiary/aromatic N) is 3. The first-order chi connectivity index (χ1) is 11.1. The average molecular weight is 368 g/mol. The zero-order valence-electron chi connectivity index (χ0n) is 12.1. The van der Waals surface area contributed by atoms with Gasteiger partial charge < -0.3 is 4.57 Å². The van der Waals surface area contributed by atoms with Crippen LogP contribution in [0.25, 0.3) is 11.4 Å². The van der Waals surface area contributed by atoms with Gasteiger partial charge in [-0.05, 0) is 29.8 Å². The van der Waals surface area contributed by atoms with Gasteiger partial charge in [-0.15, -0.1) is 10.2 Å². The van der Waals surface area contributed by atoms with Gasteiger partial charge in [0.25, 0.3) is 0 Å². The Morgan fingerprint density at radius 2 is 1.91 bits per heavy atom. The molecule has 2 aromatic carbocycles. The molecule has 0 N–H and O–H groups in total. The Bertz CT molecular complexity index is 851. The van der Waals surface area contributed by atoms with E-state index in [9.17, 15) is 4.39 Å². The Hall–Kier alpha value is -1.56. The minimum Gasteiger partial charge on any atom is -0.305 e.